The van der Waals surface area contributed by atoms with Gasteiger partial charge in [-0.15, -0.1) is 0 Å². The first-order valence-electron chi connectivity index (χ1n) is 4.28. The van der Waals surface area contributed by atoms with Gasteiger partial charge in [0.2, 0.25) is 0 Å². The van der Waals surface area contributed by atoms with Gasteiger partial charge in [0.15, 0.2) is 11.6 Å². The molecule has 0 saturated carbocycles. The summed E-state index contributed by atoms with van der Waals surface area (Å²) in [6, 6.07) is 1.97. The van der Waals surface area contributed by atoms with Crippen molar-refractivity contribution in [2.24, 2.45) is 0 Å². The quantitative estimate of drug-likeness (QED) is 0.638. The fraction of sp³-hybridized carbons (Fsp3) is 0. The van der Waals surface area contributed by atoms with Gasteiger partial charge in [-0.1, -0.05) is 11.3 Å². The van der Waals surface area contributed by atoms with Gasteiger partial charge in [-0.25, -0.2) is 9.37 Å². The van der Waals surface area contributed by atoms with Crippen molar-refractivity contribution in [1.82, 2.24) is 4.98 Å². The molecule has 0 saturated heterocycles. The molecule has 1 aromatic carbocycles. The number of hydrogen-bond donors (Lipinski definition) is 0. The summed E-state index contributed by atoms with van der Waals surface area (Å²) in [4.78, 5) is 13.6. The molecule has 0 radical (unpaired) electrons. The second-order valence-electron chi connectivity index (χ2n) is 2.90. The van der Waals surface area contributed by atoms with Gasteiger partial charge in [0, 0.05) is 17.6 Å². The third-order valence-electron chi connectivity index (χ3n) is 1.79. The maximum absolute atomic E-state index is 13.6. The van der Waals surface area contributed by atoms with Crippen molar-refractivity contribution in [2.45, 2.75) is 0 Å². The highest BCUT2D eigenvalue weighted by Gasteiger charge is 2.17. The zero-order chi connectivity index (χ0) is 12.4. The molecule has 0 amide bonds. The molecule has 8 heteroatoms. The second kappa shape index (κ2) is 4.76. The Kier molecular flexibility index (Phi) is 3.34. The standard InChI is InChI=1S/C9H4BrFN2O3S/c10-6-3-5(13(14)15)4-7(11)8(6)16-9-12-1-2-17-9/h1-4H. The van der Waals surface area contributed by atoms with Crippen LogP contribution < -0.4 is 4.74 Å². The number of aromatic nitrogens is 1. The summed E-state index contributed by atoms with van der Waals surface area (Å²) in [6.45, 7) is 0. The van der Waals surface area contributed by atoms with Crippen LogP contribution in [0, 0.1) is 15.9 Å². The van der Waals surface area contributed by atoms with Crippen molar-refractivity contribution in [1.29, 1.82) is 0 Å². The molecule has 0 spiro atoms. The molecule has 0 aliphatic carbocycles. The topological polar surface area (TPSA) is 65.3 Å². The lowest BCUT2D eigenvalue weighted by Gasteiger charge is -2.05. The van der Waals surface area contributed by atoms with Crippen molar-refractivity contribution in [3.63, 3.8) is 0 Å². The highest BCUT2D eigenvalue weighted by molar-refractivity contribution is 9.10. The van der Waals surface area contributed by atoms with Gasteiger partial charge >= 0.3 is 0 Å². The second-order valence-corrected chi connectivity index (χ2v) is 4.61. The Bertz CT molecular complexity index is 538. The van der Waals surface area contributed by atoms with E-state index in [1.165, 1.54) is 23.6 Å². The van der Waals surface area contributed by atoms with Crippen LogP contribution in [-0.4, -0.2) is 9.91 Å². The molecular weight excluding hydrogens is 315 g/mol. The molecule has 2 rings (SSSR count). The van der Waals surface area contributed by atoms with Crippen LogP contribution in [0.5, 0.6) is 10.9 Å². The van der Waals surface area contributed by atoms with E-state index in [1.807, 2.05) is 0 Å². The number of thiazole rings is 1. The summed E-state index contributed by atoms with van der Waals surface area (Å²) in [6.07, 6.45) is 1.51. The van der Waals surface area contributed by atoms with Gasteiger partial charge in [-0.2, -0.15) is 0 Å². The minimum Gasteiger partial charge on any atom is -0.427 e. The number of halogens is 2. The fourth-order valence-corrected chi connectivity index (χ4v) is 2.09. The van der Waals surface area contributed by atoms with Gasteiger partial charge in [0.05, 0.1) is 15.5 Å². The molecule has 88 valence electrons. The minimum atomic E-state index is -0.818. The molecule has 1 heterocycles. The summed E-state index contributed by atoms with van der Waals surface area (Å²) >= 11 is 4.21. The summed E-state index contributed by atoms with van der Waals surface area (Å²) < 4.78 is 18.9. The van der Waals surface area contributed by atoms with E-state index < -0.39 is 10.7 Å². The largest absolute Gasteiger partial charge is 0.427 e. The number of nitrogens with zero attached hydrogens (tertiary/aromatic N) is 2. The molecule has 0 fully saturated rings. The van der Waals surface area contributed by atoms with Crippen molar-refractivity contribution in [3.05, 3.63) is 44.1 Å². The molecular formula is C9H4BrFN2O3S. The van der Waals surface area contributed by atoms with Crippen LogP contribution in [0.3, 0.4) is 0 Å². The average Bonchev–Trinajstić information content (AvgIpc) is 2.75. The van der Waals surface area contributed by atoms with Crippen molar-refractivity contribution >= 4 is 33.0 Å². The third kappa shape index (κ3) is 2.59. The molecule has 0 bridgehead atoms. The van der Waals surface area contributed by atoms with Gasteiger partial charge in [0.1, 0.15) is 0 Å². The molecule has 5 nitrogen and oxygen atoms in total. The fourth-order valence-electron chi connectivity index (χ4n) is 1.10. The minimum absolute atomic E-state index is 0.120. The Morgan fingerprint density at radius 3 is 2.82 bits per heavy atom. The maximum atomic E-state index is 13.6. The Morgan fingerprint density at radius 2 is 2.29 bits per heavy atom. The monoisotopic (exact) mass is 318 g/mol. The first-order valence-corrected chi connectivity index (χ1v) is 5.96. The zero-order valence-electron chi connectivity index (χ0n) is 8.09. The lowest BCUT2D eigenvalue weighted by molar-refractivity contribution is -0.385. The molecule has 17 heavy (non-hydrogen) atoms. The van der Waals surface area contributed by atoms with Crippen LogP contribution in [0.1, 0.15) is 0 Å². The smallest absolute Gasteiger partial charge is 0.278 e. The van der Waals surface area contributed by atoms with E-state index in [4.69, 9.17) is 4.74 Å². The first kappa shape index (κ1) is 11.9. The Hall–Kier alpha value is -1.54. The predicted octanol–water partition coefficient (Wildman–Crippen LogP) is 3.75. The van der Waals surface area contributed by atoms with E-state index in [2.05, 4.69) is 20.9 Å². The van der Waals surface area contributed by atoms with Gasteiger partial charge < -0.3 is 4.74 Å². The number of ether oxygens (including phenoxy) is 1. The lowest BCUT2D eigenvalue weighted by Crippen LogP contribution is -1.93. The normalized spacial score (nSPS) is 10.2. The van der Waals surface area contributed by atoms with Crippen LogP contribution in [0.25, 0.3) is 0 Å². The van der Waals surface area contributed by atoms with Crippen molar-refractivity contribution in [3.8, 4) is 10.9 Å². The van der Waals surface area contributed by atoms with Gasteiger partial charge in [-0.05, 0) is 15.9 Å². The Morgan fingerprint density at radius 1 is 1.53 bits per heavy atom. The van der Waals surface area contributed by atoms with E-state index >= 15 is 0 Å². The predicted molar refractivity (Wildman–Crippen MR) is 62.9 cm³/mol. The number of benzene rings is 1. The number of non-ortho nitro benzene ring substituents is 1. The van der Waals surface area contributed by atoms with Crippen molar-refractivity contribution in [2.75, 3.05) is 0 Å². The SMILES string of the molecule is O=[N+]([O-])c1cc(F)c(Oc2nccs2)c(Br)c1. The highest BCUT2D eigenvalue weighted by Crippen LogP contribution is 2.36. The average molecular weight is 319 g/mol. The third-order valence-corrected chi connectivity index (χ3v) is 3.03. The molecule has 0 unspecified atom stereocenters. The van der Waals surface area contributed by atoms with E-state index in [1.54, 1.807) is 5.38 Å². The Balaban J connectivity index is 2.38. The van der Waals surface area contributed by atoms with Gasteiger partial charge in [-0.3, -0.25) is 10.1 Å². The number of rotatable bonds is 3. The molecule has 0 N–H and O–H groups in total. The Labute approximate surface area is 107 Å². The summed E-state index contributed by atoms with van der Waals surface area (Å²) in [5, 5.41) is 12.4. The maximum Gasteiger partial charge on any atom is 0.278 e. The van der Waals surface area contributed by atoms with E-state index in [0.717, 1.165) is 6.07 Å². The molecule has 2 aromatic rings. The molecule has 1 aromatic heterocycles. The molecule has 0 atom stereocenters. The summed E-state index contributed by atoms with van der Waals surface area (Å²) in [5.41, 5.74) is -0.346. The number of nitro groups is 1. The van der Waals surface area contributed by atoms with E-state index in [9.17, 15) is 14.5 Å². The van der Waals surface area contributed by atoms with Crippen LogP contribution >= 0.6 is 27.3 Å². The van der Waals surface area contributed by atoms with Gasteiger partial charge in [0.25, 0.3) is 10.9 Å². The highest BCUT2D eigenvalue weighted by atomic mass is 79.9. The van der Waals surface area contributed by atoms with E-state index in [0.29, 0.717) is 0 Å². The molecule has 0 aliphatic heterocycles. The summed E-state index contributed by atoms with van der Waals surface area (Å²) in [7, 11) is 0. The number of hydrogen-bond acceptors (Lipinski definition) is 5. The van der Waals surface area contributed by atoms with Crippen LogP contribution in [0.2, 0.25) is 0 Å². The van der Waals surface area contributed by atoms with Crippen LogP contribution in [-0.2, 0) is 0 Å². The molecule has 0 aliphatic rings. The van der Waals surface area contributed by atoms with Crippen LogP contribution in [0.4, 0.5) is 10.1 Å². The summed E-state index contributed by atoms with van der Waals surface area (Å²) in [5.74, 6) is -0.938. The van der Waals surface area contributed by atoms with E-state index in [-0.39, 0.29) is 21.1 Å². The first-order chi connectivity index (χ1) is 8.08. The van der Waals surface area contributed by atoms with Crippen LogP contribution in [0.15, 0.2) is 28.2 Å². The lowest BCUT2D eigenvalue weighted by atomic mass is 10.3. The number of nitro benzene ring substituents is 1. The zero-order valence-corrected chi connectivity index (χ0v) is 10.5. The van der Waals surface area contributed by atoms with Crippen molar-refractivity contribution < 1.29 is 14.1 Å².